The van der Waals surface area contributed by atoms with Gasteiger partial charge in [0.2, 0.25) is 5.43 Å². The molecule has 2 bridgehead atoms. The average Bonchev–Trinajstić information content (AvgIpc) is 2.79. The molecule has 0 spiro atoms. The fourth-order valence-electron chi connectivity index (χ4n) is 6.77. The summed E-state index contributed by atoms with van der Waals surface area (Å²) in [5, 5.41) is -0.126. The summed E-state index contributed by atoms with van der Waals surface area (Å²) >= 11 is 0. The number of benzene rings is 1. The van der Waals surface area contributed by atoms with E-state index in [1.807, 2.05) is 4.90 Å². The maximum atomic E-state index is 14.1. The van der Waals surface area contributed by atoms with Crippen molar-refractivity contribution in [3.8, 4) is 0 Å². The third-order valence-corrected chi connectivity index (χ3v) is 8.05. The molecule has 3 aliphatic heterocycles. The summed E-state index contributed by atoms with van der Waals surface area (Å²) in [7, 11) is 0. The molecule has 6 rings (SSSR count). The Labute approximate surface area is 185 Å². The van der Waals surface area contributed by atoms with Gasteiger partial charge in [-0.15, -0.1) is 0 Å². The largest absolute Gasteiger partial charge is 0.358 e. The zero-order chi connectivity index (χ0) is 22.0. The first-order chi connectivity index (χ1) is 15.5. The second kappa shape index (κ2) is 7.51. The third-order valence-electron chi connectivity index (χ3n) is 8.05. The van der Waals surface area contributed by atoms with Gasteiger partial charge in [0.1, 0.15) is 17.2 Å². The summed E-state index contributed by atoms with van der Waals surface area (Å²) in [5.74, 6) is -1.08. The lowest BCUT2D eigenvalue weighted by Crippen LogP contribution is -2.60. The second-order valence-electron chi connectivity index (χ2n) is 9.85. The summed E-state index contributed by atoms with van der Waals surface area (Å²) in [6.07, 6.45) is 10.5. The van der Waals surface area contributed by atoms with Crippen molar-refractivity contribution in [1.29, 1.82) is 0 Å². The Balaban J connectivity index is 1.37. The highest BCUT2D eigenvalue weighted by molar-refractivity contribution is 5.97. The Morgan fingerprint density at radius 2 is 2.00 bits per heavy atom. The van der Waals surface area contributed by atoms with Crippen LogP contribution < -0.4 is 5.43 Å². The zero-order valence-corrected chi connectivity index (χ0v) is 17.9. The van der Waals surface area contributed by atoms with Gasteiger partial charge in [0.15, 0.2) is 0 Å². The number of nitrogens with one attached hydrogen (secondary N) is 1. The van der Waals surface area contributed by atoms with Gasteiger partial charge >= 0.3 is 0 Å². The first kappa shape index (κ1) is 20.1. The smallest absolute Gasteiger partial charge is 0.259 e. The fourth-order valence-corrected chi connectivity index (χ4v) is 6.77. The van der Waals surface area contributed by atoms with E-state index < -0.39 is 17.1 Å². The maximum Gasteiger partial charge on any atom is 0.259 e. The van der Waals surface area contributed by atoms with Gasteiger partial charge in [-0.05, 0) is 56.6 Å². The number of pyridine rings is 1. The molecular weight excluding hydrogens is 412 g/mol. The number of halogens is 2. The van der Waals surface area contributed by atoms with E-state index in [2.05, 4.69) is 16.0 Å². The molecule has 4 atom stereocenters. The van der Waals surface area contributed by atoms with Crippen LogP contribution in [0.1, 0.15) is 48.9 Å². The van der Waals surface area contributed by atoms with Crippen LogP contribution in [-0.4, -0.2) is 52.4 Å². The van der Waals surface area contributed by atoms with E-state index in [-0.39, 0.29) is 28.4 Å². The van der Waals surface area contributed by atoms with Crippen LogP contribution in [0.3, 0.4) is 0 Å². The van der Waals surface area contributed by atoms with Crippen molar-refractivity contribution < 1.29 is 13.6 Å². The van der Waals surface area contributed by atoms with Gasteiger partial charge in [-0.1, -0.05) is 18.1 Å². The van der Waals surface area contributed by atoms with Crippen molar-refractivity contribution in [2.75, 3.05) is 19.6 Å². The minimum atomic E-state index is -0.837. The monoisotopic (exact) mass is 439 g/mol. The van der Waals surface area contributed by atoms with Crippen molar-refractivity contribution in [2.45, 2.75) is 50.6 Å². The van der Waals surface area contributed by atoms with Crippen LogP contribution in [0.4, 0.5) is 8.78 Å². The number of carbonyl (C=O) groups excluding carboxylic acids is 1. The summed E-state index contributed by atoms with van der Waals surface area (Å²) in [5.41, 5.74) is 0.602. The van der Waals surface area contributed by atoms with Gasteiger partial charge in [-0.25, -0.2) is 8.78 Å². The highest BCUT2D eigenvalue weighted by Crippen LogP contribution is 2.45. The number of H-pyrrole nitrogens is 1. The van der Waals surface area contributed by atoms with Crippen LogP contribution in [0.2, 0.25) is 0 Å². The van der Waals surface area contributed by atoms with E-state index in [4.69, 9.17) is 0 Å². The topological polar surface area (TPSA) is 56.4 Å². The van der Waals surface area contributed by atoms with Crippen molar-refractivity contribution >= 4 is 16.8 Å². The van der Waals surface area contributed by atoms with Crippen LogP contribution in [-0.2, 0) is 0 Å². The number of aromatic amines is 1. The Hall–Kier alpha value is -2.54. The molecule has 5 nitrogen and oxygen atoms in total. The molecule has 4 aliphatic rings. The number of amides is 1. The number of aromatic nitrogens is 1. The molecule has 1 aromatic heterocycles. The number of nitrogens with zero attached hydrogens (tertiary/aromatic N) is 2. The van der Waals surface area contributed by atoms with Gasteiger partial charge in [0.05, 0.1) is 16.9 Å². The quantitative estimate of drug-likeness (QED) is 0.687. The van der Waals surface area contributed by atoms with Crippen molar-refractivity contribution in [2.24, 2.45) is 11.8 Å². The number of hydrogen-bond acceptors (Lipinski definition) is 3. The van der Waals surface area contributed by atoms with Gasteiger partial charge in [0.25, 0.3) is 5.91 Å². The van der Waals surface area contributed by atoms with Crippen LogP contribution in [0, 0.1) is 23.5 Å². The van der Waals surface area contributed by atoms with E-state index in [1.54, 1.807) is 0 Å². The number of likely N-dealkylation sites (tertiary alicyclic amines) is 1. The molecule has 1 aromatic carbocycles. The van der Waals surface area contributed by atoms with Gasteiger partial charge in [0, 0.05) is 31.4 Å². The lowest BCUT2D eigenvalue weighted by atomic mass is 9.68. The first-order valence-electron chi connectivity index (χ1n) is 11.8. The first-order valence-corrected chi connectivity index (χ1v) is 11.8. The number of piperidine rings is 3. The van der Waals surface area contributed by atoms with Gasteiger partial charge < -0.3 is 9.88 Å². The number of rotatable bonds is 1. The normalized spacial score (nSPS) is 29.9. The molecule has 3 fully saturated rings. The van der Waals surface area contributed by atoms with E-state index >= 15 is 0 Å². The molecule has 32 heavy (non-hydrogen) atoms. The van der Waals surface area contributed by atoms with E-state index in [0.717, 1.165) is 44.5 Å². The predicted octanol–water partition coefficient (Wildman–Crippen LogP) is 3.84. The maximum absolute atomic E-state index is 14.1. The van der Waals surface area contributed by atoms with E-state index in [1.165, 1.54) is 31.0 Å². The highest BCUT2D eigenvalue weighted by atomic mass is 19.1. The van der Waals surface area contributed by atoms with E-state index in [0.29, 0.717) is 24.4 Å². The Kier molecular flexibility index (Phi) is 4.72. The molecule has 0 saturated carbocycles. The lowest BCUT2D eigenvalue weighted by molar-refractivity contribution is 0.00143. The zero-order valence-electron chi connectivity index (χ0n) is 17.9. The number of hydrogen-bond donors (Lipinski definition) is 1. The molecule has 2 unspecified atom stereocenters. The minimum absolute atomic E-state index is 0.00900. The Morgan fingerprint density at radius 1 is 1.12 bits per heavy atom. The molecule has 0 radical (unpaired) electrons. The average molecular weight is 440 g/mol. The molecule has 1 N–H and O–H groups in total. The van der Waals surface area contributed by atoms with Crippen molar-refractivity contribution in [3.05, 3.63) is 57.4 Å². The second-order valence-corrected chi connectivity index (χ2v) is 9.85. The lowest BCUT2D eigenvalue weighted by Gasteiger charge is -2.54. The predicted molar refractivity (Wildman–Crippen MR) is 117 cm³/mol. The van der Waals surface area contributed by atoms with Crippen molar-refractivity contribution in [3.63, 3.8) is 0 Å². The summed E-state index contributed by atoms with van der Waals surface area (Å²) < 4.78 is 27.9. The molecule has 2 aromatic rings. The van der Waals surface area contributed by atoms with E-state index in [9.17, 15) is 18.4 Å². The van der Waals surface area contributed by atoms with Crippen LogP contribution in [0.25, 0.3) is 10.9 Å². The molecule has 3 saturated heterocycles. The highest BCUT2D eigenvalue weighted by Gasteiger charge is 2.47. The molecule has 4 heterocycles. The fraction of sp³-hybridized carbons (Fsp3) is 0.520. The summed E-state index contributed by atoms with van der Waals surface area (Å²) in [4.78, 5) is 33.8. The Bertz CT molecular complexity index is 1190. The van der Waals surface area contributed by atoms with Crippen LogP contribution in [0.5, 0.6) is 0 Å². The summed E-state index contributed by atoms with van der Waals surface area (Å²) in [6.45, 7) is 2.72. The van der Waals surface area contributed by atoms with Gasteiger partial charge in [-0.2, -0.15) is 0 Å². The van der Waals surface area contributed by atoms with Gasteiger partial charge in [-0.3, -0.25) is 14.5 Å². The van der Waals surface area contributed by atoms with Crippen molar-refractivity contribution in [1.82, 2.24) is 14.8 Å². The minimum Gasteiger partial charge on any atom is -0.358 e. The number of carbonyl (C=O) groups is 1. The van der Waals surface area contributed by atoms with Crippen LogP contribution >= 0.6 is 0 Å². The number of fused-ring (bicyclic) bond motifs is 7. The molecule has 168 valence electrons. The molecular formula is C25H27F2N3O2. The summed E-state index contributed by atoms with van der Waals surface area (Å²) in [6, 6.07) is 2.37. The standard InChI is InChI=1S/C25H27F2N3O2/c26-17-10-18-22(20(27)11-17)28-12-19(24(18)31)25(32)30-7-3-4-14-8-15-9-16(23(14)30)13-29-6-2-1-5-21(15)29/h8,10-12,15-16,21,23H,1-7,9,13H2,(H,28,31)/t15?,16?,21-,23-/m1/s1. The molecule has 1 amide bonds. The SMILES string of the molecule is O=C(c1c[nH]c2c(F)cc(F)cc2c1=O)N1CCCC2=CC3CC(CN4CCCC[C@H]34)[C@@H]21. The van der Waals surface area contributed by atoms with Crippen LogP contribution in [0.15, 0.2) is 34.8 Å². The molecule has 1 aliphatic carbocycles. The third kappa shape index (κ3) is 3.04. The molecule has 7 heteroatoms. The Morgan fingerprint density at radius 3 is 2.88 bits per heavy atom.